The van der Waals surface area contributed by atoms with Crippen LogP contribution >= 0.6 is 11.8 Å². The Morgan fingerprint density at radius 1 is 0.943 bits per heavy atom. The van der Waals surface area contributed by atoms with Gasteiger partial charge < -0.3 is 18.8 Å². The van der Waals surface area contributed by atoms with Crippen molar-refractivity contribution in [1.82, 2.24) is 9.55 Å². The first-order valence-corrected chi connectivity index (χ1v) is 12.9. The molecule has 0 fully saturated rings. The van der Waals surface area contributed by atoms with Gasteiger partial charge in [-0.15, -0.1) is 0 Å². The minimum atomic E-state index is -0.329. The Morgan fingerprint density at radius 3 is 2.57 bits per heavy atom. The number of imidazole rings is 1. The van der Waals surface area contributed by atoms with E-state index in [1.165, 1.54) is 0 Å². The van der Waals surface area contributed by atoms with Crippen LogP contribution in [0.25, 0.3) is 11.0 Å². The molecule has 0 saturated carbocycles. The van der Waals surface area contributed by atoms with Crippen LogP contribution in [-0.2, 0) is 21.8 Å². The summed E-state index contributed by atoms with van der Waals surface area (Å²) in [5.74, 6) is 2.03. The molecule has 4 rings (SSSR count). The summed E-state index contributed by atoms with van der Waals surface area (Å²) in [5, 5.41) is 0.909. The van der Waals surface area contributed by atoms with Gasteiger partial charge in [-0.05, 0) is 68.3 Å². The maximum atomic E-state index is 12.2. The highest BCUT2D eigenvalue weighted by atomic mass is 32.2. The van der Waals surface area contributed by atoms with Crippen LogP contribution in [0.1, 0.15) is 36.2 Å². The van der Waals surface area contributed by atoms with Crippen molar-refractivity contribution in [2.24, 2.45) is 0 Å². The fourth-order valence-corrected chi connectivity index (χ4v) is 4.70. The van der Waals surface area contributed by atoms with Crippen LogP contribution in [-0.4, -0.2) is 35.3 Å². The van der Waals surface area contributed by atoms with Crippen molar-refractivity contribution in [3.8, 4) is 11.5 Å². The van der Waals surface area contributed by atoms with Crippen LogP contribution in [0.2, 0.25) is 0 Å². The van der Waals surface area contributed by atoms with Crippen molar-refractivity contribution in [3.05, 3.63) is 83.9 Å². The predicted octanol–water partition coefficient (Wildman–Crippen LogP) is 6.72. The molecule has 3 aromatic carbocycles. The summed E-state index contributed by atoms with van der Waals surface area (Å²) in [6.07, 6.45) is 0.882. The quantitative estimate of drug-likeness (QED) is 0.125. The van der Waals surface area contributed by atoms with Crippen LogP contribution in [0.15, 0.2) is 78.0 Å². The standard InChI is InChI=1S/C28H30N2O4S/c1-3-32-17-9-16-30-26-15-14-22(27(31)33-4-2)19-25(26)29-28(30)35-20-21-10-8-13-24(18-21)34-23-11-6-5-7-12-23/h5-8,10-15,18-19H,3-4,9,16-17,20H2,1-2H3. The molecule has 0 amide bonds. The fraction of sp³-hybridized carbons (Fsp3) is 0.286. The number of carbonyl (C=O) groups is 1. The molecule has 1 heterocycles. The summed E-state index contributed by atoms with van der Waals surface area (Å²) >= 11 is 1.67. The molecule has 0 radical (unpaired) electrons. The molecule has 0 aliphatic heterocycles. The summed E-state index contributed by atoms with van der Waals surface area (Å²) in [4.78, 5) is 17.1. The third kappa shape index (κ3) is 6.65. The van der Waals surface area contributed by atoms with E-state index < -0.39 is 0 Å². The Hall–Kier alpha value is -3.29. The number of esters is 1. The summed E-state index contributed by atoms with van der Waals surface area (Å²) < 4.78 is 18.9. The molecule has 0 spiro atoms. The molecule has 1 aromatic heterocycles. The van der Waals surface area contributed by atoms with E-state index in [0.717, 1.165) is 52.0 Å². The molecule has 0 bridgehead atoms. The smallest absolute Gasteiger partial charge is 0.338 e. The average Bonchev–Trinajstić information content (AvgIpc) is 3.23. The van der Waals surface area contributed by atoms with Gasteiger partial charge in [-0.3, -0.25) is 0 Å². The molecule has 6 nitrogen and oxygen atoms in total. The first-order chi connectivity index (χ1) is 17.2. The number of aryl methyl sites for hydroxylation is 1. The third-order valence-electron chi connectivity index (χ3n) is 5.34. The Kier molecular flexibility index (Phi) is 8.81. The van der Waals surface area contributed by atoms with Gasteiger partial charge in [0.1, 0.15) is 11.5 Å². The molecule has 182 valence electrons. The summed E-state index contributed by atoms with van der Waals surface area (Å²) in [5.41, 5.74) is 3.44. The van der Waals surface area contributed by atoms with E-state index in [1.54, 1.807) is 24.8 Å². The van der Waals surface area contributed by atoms with Crippen molar-refractivity contribution in [2.75, 3.05) is 19.8 Å². The molecule has 4 aromatic rings. The normalized spacial score (nSPS) is 11.0. The Bertz CT molecular complexity index is 1260. The van der Waals surface area contributed by atoms with Crippen LogP contribution in [0.3, 0.4) is 0 Å². The first-order valence-electron chi connectivity index (χ1n) is 11.9. The average molecular weight is 491 g/mol. The van der Waals surface area contributed by atoms with Gasteiger partial charge in [-0.25, -0.2) is 9.78 Å². The lowest BCUT2D eigenvalue weighted by atomic mass is 10.2. The highest BCUT2D eigenvalue weighted by Gasteiger charge is 2.15. The monoisotopic (exact) mass is 490 g/mol. The van der Waals surface area contributed by atoms with Crippen molar-refractivity contribution in [2.45, 2.75) is 37.7 Å². The molecular weight excluding hydrogens is 460 g/mol. The van der Waals surface area contributed by atoms with Crippen LogP contribution < -0.4 is 4.74 Å². The van der Waals surface area contributed by atoms with Crippen LogP contribution in [0, 0.1) is 0 Å². The minimum Gasteiger partial charge on any atom is -0.462 e. The lowest BCUT2D eigenvalue weighted by molar-refractivity contribution is 0.0526. The van der Waals surface area contributed by atoms with E-state index >= 15 is 0 Å². The highest BCUT2D eigenvalue weighted by molar-refractivity contribution is 7.98. The first kappa shape index (κ1) is 24.8. The van der Waals surface area contributed by atoms with Gasteiger partial charge in [0.2, 0.25) is 0 Å². The second-order valence-electron chi connectivity index (χ2n) is 7.87. The highest BCUT2D eigenvalue weighted by Crippen LogP contribution is 2.30. The number of para-hydroxylation sites is 1. The van der Waals surface area contributed by atoms with Crippen LogP contribution in [0.5, 0.6) is 11.5 Å². The topological polar surface area (TPSA) is 62.6 Å². The fourth-order valence-electron chi connectivity index (χ4n) is 3.72. The molecule has 0 aliphatic carbocycles. The van der Waals surface area contributed by atoms with E-state index in [1.807, 2.05) is 61.5 Å². The van der Waals surface area contributed by atoms with Gasteiger partial charge in [0.25, 0.3) is 0 Å². The van der Waals surface area contributed by atoms with Crippen molar-refractivity contribution < 1.29 is 19.0 Å². The zero-order valence-corrected chi connectivity index (χ0v) is 20.9. The molecule has 0 aliphatic rings. The maximum absolute atomic E-state index is 12.2. The summed E-state index contributed by atoms with van der Waals surface area (Å²) in [7, 11) is 0. The number of fused-ring (bicyclic) bond motifs is 1. The molecule has 0 saturated heterocycles. The summed E-state index contributed by atoms with van der Waals surface area (Å²) in [6, 6.07) is 23.4. The molecule has 0 N–H and O–H groups in total. The minimum absolute atomic E-state index is 0.329. The van der Waals surface area contributed by atoms with E-state index in [-0.39, 0.29) is 5.97 Å². The lowest BCUT2D eigenvalue weighted by Gasteiger charge is -2.10. The number of ether oxygens (including phenoxy) is 3. The molecule has 35 heavy (non-hydrogen) atoms. The van der Waals surface area contributed by atoms with Crippen molar-refractivity contribution in [3.63, 3.8) is 0 Å². The van der Waals surface area contributed by atoms with Crippen molar-refractivity contribution in [1.29, 1.82) is 0 Å². The maximum Gasteiger partial charge on any atom is 0.338 e. The largest absolute Gasteiger partial charge is 0.462 e. The Labute approximate surface area is 210 Å². The number of carbonyl (C=O) groups excluding carboxylic acids is 1. The second kappa shape index (κ2) is 12.4. The van der Waals surface area contributed by atoms with Gasteiger partial charge in [0.05, 0.1) is 23.2 Å². The van der Waals surface area contributed by atoms with E-state index in [2.05, 4.69) is 16.7 Å². The van der Waals surface area contributed by atoms with Crippen molar-refractivity contribution >= 4 is 28.8 Å². The van der Waals surface area contributed by atoms with Gasteiger partial charge in [-0.2, -0.15) is 0 Å². The Morgan fingerprint density at radius 2 is 1.77 bits per heavy atom. The molecule has 0 unspecified atom stereocenters. The number of hydrogen-bond donors (Lipinski definition) is 0. The number of hydrogen-bond acceptors (Lipinski definition) is 6. The van der Waals surface area contributed by atoms with Gasteiger partial charge in [-0.1, -0.05) is 42.1 Å². The van der Waals surface area contributed by atoms with Crippen LogP contribution in [0.4, 0.5) is 0 Å². The molecule has 0 atom stereocenters. The van der Waals surface area contributed by atoms with Gasteiger partial charge in [0.15, 0.2) is 5.16 Å². The summed E-state index contributed by atoms with van der Waals surface area (Å²) in [6.45, 7) is 6.33. The lowest BCUT2D eigenvalue weighted by Crippen LogP contribution is -2.05. The predicted molar refractivity (Wildman–Crippen MR) is 139 cm³/mol. The number of thioether (sulfide) groups is 1. The second-order valence-corrected chi connectivity index (χ2v) is 8.81. The number of rotatable bonds is 12. The zero-order chi connectivity index (χ0) is 24.5. The van der Waals surface area contributed by atoms with E-state index in [9.17, 15) is 4.79 Å². The van der Waals surface area contributed by atoms with Gasteiger partial charge in [0, 0.05) is 25.5 Å². The number of aromatic nitrogens is 2. The number of nitrogens with zero attached hydrogens (tertiary/aromatic N) is 2. The molecular formula is C28H30N2O4S. The Balaban J connectivity index is 1.53. The third-order valence-corrected chi connectivity index (χ3v) is 6.39. The molecule has 7 heteroatoms. The van der Waals surface area contributed by atoms with E-state index in [4.69, 9.17) is 19.2 Å². The van der Waals surface area contributed by atoms with Gasteiger partial charge >= 0.3 is 5.97 Å². The number of benzene rings is 3. The zero-order valence-electron chi connectivity index (χ0n) is 20.1. The SMILES string of the molecule is CCOCCCn1c(SCc2cccc(Oc3ccccc3)c2)nc2cc(C(=O)OCC)ccc21. The van der Waals surface area contributed by atoms with E-state index in [0.29, 0.717) is 25.4 Å².